The summed E-state index contributed by atoms with van der Waals surface area (Å²) in [6.45, 7) is 11.5. The van der Waals surface area contributed by atoms with E-state index in [1.165, 1.54) is 18.4 Å². The van der Waals surface area contributed by atoms with Gasteiger partial charge in [0, 0.05) is 6.08 Å². The Balaban J connectivity index is 2.43. The summed E-state index contributed by atoms with van der Waals surface area (Å²) in [4.78, 5) is 11.4. The van der Waals surface area contributed by atoms with Crippen LogP contribution in [0, 0.1) is 11.3 Å². The van der Waals surface area contributed by atoms with Crippen molar-refractivity contribution in [3.63, 3.8) is 0 Å². The Hall–Kier alpha value is -1.05. The van der Waals surface area contributed by atoms with Gasteiger partial charge in [-0.3, -0.25) is 0 Å². The summed E-state index contributed by atoms with van der Waals surface area (Å²) in [5.74, 6) is 0.517. The quantitative estimate of drug-likeness (QED) is 0.502. The van der Waals surface area contributed by atoms with Crippen molar-refractivity contribution in [1.29, 1.82) is 0 Å². The largest absolute Gasteiger partial charge is 0.463 e. The van der Waals surface area contributed by atoms with E-state index in [0.29, 0.717) is 12.0 Å². The highest BCUT2D eigenvalue weighted by Crippen LogP contribution is 2.31. The van der Waals surface area contributed by atoms with Crippen molar-refractivity contribution in [3.05, 3.63) is 23.3 Å². The highest BCUT2D eigenvalue weighted by atomic mass is 16.5. The van der Waals surface area contributed by atoms with E-state index in [1.807, 2.05) is 6.92 Å². The predicted molar refractivity (Wildman–Crippen MR) is 84.5 cm³/mol. The maximum absolute atomic E-state index is 11.4. The zero-order valence-corrected chi connectivity index (χ0v) is 13.8. The van der Waals surface area contributed by atoms with Gasteiger partial charge in [-0.15, -0.1) is 0 Å². The number of ether oxygens (including phenoxy) is 1. The second-order valence-corrected chi connectivity index (χ2v) is 7.18. The lowest BCUT2D eigenvalue weighted by atomic mass is 9.85. The molecule has 1 unspecified atom stereocenters. The van der Waals surface area contributed by atoms with Crippen molar-refractivity contribution >= 4 is 5.97 Å². The standard InChI is InChI=1S/C18H30O2/c1-6-20-17(19)13-16-8-7-15(12-16)11-14(2)9-10-18(3,4)5/h12-14H,6-11H2,1-5H3/b16-13+. The molecule has 1 rings (SSSR count). The average molecular weight is 278 g/mol. The summed E-state index contributed by atoms with van der Waals surface area (Å²) >= 11 is 0. The molecule has 0 radical (unpaired) electrons. The molecule has 20 heavy (non-hydrogen) atoms. The summed E-state index contributed by atoms with van der Waals surface area (Å²) in [5.41, 5.74) is 3.04. The minimum atomic E-state index is -0.208. The Bertz CT molecular complexity index is 383. The Kier molecular flexibility index (Phi) is 6.51. The first-order valence-corrected chi connectivity index (χ1v) is 7.87. The highest BCUT2D eigenvalue weighted by Gasteiger charge is 2.16. The van der Waals surface area contributed by atoms with E-state index in [1.54, 1.807) is 6.08 Å². The van der Waals surface area contributed by atoms with Gasteiger partial charge in [-0.05, 0) is 55.9 Å². The molecular weight excluding hydrogens is 248 g/mol. The maximum atomic E-state index is 11.4. The van der Waals surface area contributed by atoms with E-state index in [2.05, 4.69) is 33.8 Å². The van der Waals surface area contributed by atoms with Crippen molar-refractivity contribution in [2.75, 3.05) is 6.61 Å². The predicted octanol–water partition coefficient (Wildman–Crippen LogP) is 5.05. The van der Waals surface area contributed by atoms with Crippen LogP contribution < -0.4 is 0 Å². The number of carbonyl (C=O) groups excluding carboxylic acids is 1. The molecular formula is C18H30O2. The van der Waals surface area contributed by atoms with E-state index in [-0.39, 0.29) is 5.97 Å². The Morgan fingerprint density at radius 3 is 2.70 bits per heavy atom. The Labute approximate surface area is 124 Å². The first kappa shape index (κ1) is 17.0. The number of hydrogen-bond acceptors (Lipinski definition) is 2. The molecule has 0 saturated carbocycles. The van der Waals surface area contributed by atoms with Crippen molar-refractivity contribution in [3.8, 4) is 0 Å². The number of hydrogen-bond donors (Lipinski definition) is 0. The highest BCUT2D eigenvalue weighted by molar-refractivity contribution is 5.83. The van der Waals surface area contributed by atoms with Gasteiger partial charge >= 0.3 is 5.97 Å². The monoisotopic (exact) mass is 278 g/mol. The molecule has 0 aliphatic heterocycles. The molecule has 0 aromatic carbocycles. The van der Waals surface area contributed by atoms with Crippen LogP contribution in [0.4, 0.5) is 0 Å². The third kappa shape index (κ3) is 6.93. The van der Waals surface area contributed by atoms with Gasteiger partial charge in [0.1, 0.15) is 0 Å². The number of allylic oxidation sites excluding steroid dienone is 3. The molecule has 0 saturated heterocycles. The van der Waals surface area contributed by atoms with Crippen molar-refractivity contribution in [2.24, 2.45) is 11.3 Å². The van der Waals surface area contributed by atoms with Gasteiger partial charge in [-0.1, -0.05) is 39.3 Å². The van der Waals surface area contributed by atoms with E-state index in [4.69, 9.17) is 4.74 Å². The van der Waals surface area contributed by atoms with Crippen LogP contribution in [0.1, 0.15) is 66.7 Å². The molecule has 2 heteroatoms. The Morgan fingerprint density at radius 2 is 2.10 bits per heavy atom. The van der Waals surface area contributed by atoms with Crippen molar-refractivity contribution < 1.29 is 9.53 Å². The van der Waals surface area contributed by atoms with Crippen molar-refractivity contribution in [1.82, 2.24) is 0 Å². The summed E-state index contributed by atoms with van der Waals surface area (Å²) in [5, 5.41) is 0. The van der Waals surface area contributed by atoms with E-state index >= 15 is 0 Å². The number of carbonyl (C=O) groups is 1. The fourth-order valence-corrected chi connectivity index (χ4v) is 2.55. The second kappa shape index (κ2) is 7.66. The molecule has 0 amide bonds. The maximum Gasteiger partial charge on any atom is 0.331 e. The van der Waals surface area contributed by atoms with Gasteiger partial charge in [-0.2, -0.15) is 0 Å². The number of esters is 1. The van der Waals surface area contributed by atoms with Crippen LogP contribution in [-0.4, -0.2) is 12.6 Å². The molecule has 2 nitrogen and oxygen atoms in total. The lowest BCUT2D eigenvalue weighted by molar-refractivity contribution is -0.137. The van der Waals surface area contributed by atoms with Gasteiger partial charge < -0.3 is 4.74 Å². The summed E-state index contributed by atoms with van der Waals surface area (Å²) in [6.07, 6.45) is 9.65. The second-order valence-electron chi connectivity index (χ2n) is 7.18. The minimum Gasteiger partial charge on any atom is -0.463 e. The van der Waals surface area contributed by atoms with Crippen molar-refractivity contribution in [2.45, 2.75) is 66.7 Å². The van der Waals surface area contributed by atoms with Crippen LogP contribution in [0.15, 0.2) is 23.3 Å². The van der Waals surface area contributed by atoms with Crippen LogP contribution >= 0.6 is 0 Å². The third-order valence-corrected chi connectivity index (χ3v) is 3.71. The SMILES string of the molecule is CCOC(=O)/C=C1/C=C(CC(C)CCC(C)(C)C)CC1. The molecule has 1 atom stereocenters. The molecule has 0 bridgehead atoms. The lowest BCUT2D eigenvalue weighted by Gasteiger charge is -2.21. The van der Waals surface area contributed by atoms with Gasteiger partial charge in [0.2, 0.25) is 0 Å². The topological polar surface area (TPSA) is 26.3 Å². The van der Waals surface area contributed by atoms with E-state index < -0.39 is 0 Å². The van der Waals surface area contributed by atoms with Crippen LogP contribution in [0.3, 0.4) is 0 Å². The fraction of sp³-hybridized carbons (Fsp3) is 0.722. The first-order valence-electron chi connectivity index (χ1n) is 7.87. The zero-order valence-electron chi connectivity index (χ0n) is 13.8. The summed E-state index contributed by atoms with van der Waals surface area (Å²) in [7, 11) is 0. The molecule has 0 spiro atoms. The molecule has 0 N–H and O–H groups in total. The van der Waals surface area contributed by atoms with Gasteiger partial charge in [0.25, 0.3) is 0 Å². The van der Waals surface area contributed by atoms with E-state index in [9.17, 15) is 4.79 Å². The summed E-state index contributed by atoms with van der Waals surface area (Å²) < 4.78 is 4.95. The summed E-state index contributed by atoms with van der Waals surface area (Å²) in [6, 6.07) is 0. The normalized spacial score (nSPS) is 19.1. The molecule has 0 aromatic rings. The van der Waals surface area contributed by atoms with Gasteiger partial charge in [-0.25, -0.2) is 4.79 Å². The molecule has 114 valence electrons. The lowest BCUT2D eigenvalue weighted by Crippen LogP contribution is -2.07. The fourth-order valence-electron chi connectivity index (χ4n) is 2.55. The first-order chi connectivity index (χ1) is 9.30. The van der Waals surface area contributed by atoms with Crippen LogP contribution in [0.25, 0.3) is 0 Å². The molecule has 1 aliphatic carbocycles. The average Bonchev–Trinajstić information content (AvgIpc) is 2.73. The van der Waals surface area contributed by atoms with Crippen LogP contribution in [0.5, 0.6) is 0 Å². The minimum absolute atomic E-state index is 0.208. The molecule has 0 fully saturated rings. The van der Waals surface area contributed by atoms with Crippen LogP contribution in [-0.2, 0) is 9.53 Å². The molecule has 1 aliphatic rings. The third-order valence-electron chi connectivity index (χ3n) is 3.71. The zero-order chi connectivity index (χ0) is 15.2. The van der Waals surface area contributed by atoms with Crippen LogP contribution in [0.2, 0.25) is 0 Å². The van der Waals surface area contributed by atoms with E-state index in [0.717, 1.165) is 30.8 Å². The van der Waals surface area contributed by atoms with Gasteiger partial charge in [0.05, 0.1) is 6.61 Å². The number of rotatable bonds is 6. The van der Waals surface area contributed by atoms with Gasteiger partial charge in [0.15, 0.2) is 0 Å². The molecule has 0 aromatic heterocycles. The molecule has 0 heterocycles. The smallest absolute Gasteiger partial charge is 0.331 e. The Morgan fingerprint density at radius 1 is 1.40 bits per heavy atom.